The van der Waals surface area contributed by atoms with Crippen molar-refractivity contribution in [1.29, 1.82) is 5.26 Å². The number of carbonyl (C=O) groups is 2. The predicted octanol–water partition coefficient (Wildman–Crippen LogP) is 4.05. The summed E-state index contributed by atoms with van der Waals surface area (Å²) in [5, 5.41) is 12.0. The zero-order valence-corrected chi connectivity index (χ0v) is 22.0. The molecule has 2 amide bonds. The molecule has 0 saturated carbocycles. The zero-order chi connectivity index (χ0) is 25.4. The standard InChI is InChI=1S/C28H36N4O2S/c1-28(2,3)24-11-9-23(10-12-24)26(33)30-25(13-18-35-4)27(34)32-16-14-31(15-17-32)20-22-7-5-21(19-29)6-8-22/h5-12,25H,13-18,20H2,1-4H3,(H,30,33). The Morgan fingerprint density at radius 3 is 2.20 bits per heavy atom. The van der Waals surface area contributed by atoms with Crippen LogP contribution in [0.3, 0.4) is 0 Å². The Labute approximate surface area is 213 Å². The van der Waals surface area contributed by atoms with Crippen LogP contribution in [0.1, 0.15) is 54.2 Å². The van der Waals surface area contributed by atoms with Crippen LogP contribution in [-0.2, 0) is 16.8 Å². The molecule has 6 nitrogen and oxygen atoms in total. The number of nitrogens with zero attached hydrogens (tertiary/aromatic N) is 3. The quantitative estimate of drug-likeness (QED) is 0.602. The van der Waals surface area contributed by atoms with Crippen LogP contribution < -0.4 is 5.32 Å². The van der Waals surface area contributed by atoms with Gasteiger partial charge in [-0.15, -0.1) is 0 Å². The summed E-state index contributed by atoms with van der Waals surface area (Å²) in [6.45, 7) is 10.1. The number of benzene rings is 2. The highest BCUT2D eigenvalue weighted by Gasteiger charge is 2.29. The van der Waals surface area contributed by atoms with Crippen molar-refractivity contribution in [1.82, 2.24) is 15.1 Å². The lowest BCUT2D eigenvalue weighted by atomic mass is 9.86. The fourth-order valence-corrected chi connectivity index (χ4v) is 4.62. The number of nitriles is 1. The number of piperazine rings is 1. The summed E-state index contributed by atoms with van der Waals surface area (Å²) in [5.41, 5.74) is 3.59. The fourth-order valence-electron chi connectivity index (χ4n) is 4.15. The highest BCUT2D eigenvalue weighted by molar-refractivity contribution is 7.98. The molecule has 1 unspecified atom stereocenters. The first kappa shape index (κ1) is 26.8. The van der Waals surface area contributed by atoms with Crippen molar-refractivity contribution in [2.24, 2.45) is 0 Å². The van der Waals surface area contributed by atoms with Crippen molar-refractivity contribution in [3.8, 4) is 6.07 Å². The molecule has 2 aromatic rings. The molecular weight excluding hydrogens is 456 g/mol. The van der Waals surface area contributed by atoms with E-state index in [-0.39, 0.29) is 17.2 Å². The maximum absolute atomic E-state index is 13.3. The van der Waals surface area contributed by atoms with Crippen molar-refractivity contribution >= 4 is 23.6 Å². The van der Waals surface area contributed by atoms with Crippen molar-refractivity contribution in [2.45, 2.75) is 45.2 Å². The average molecular weight is 493 g/mol. The van der Waals surface area contributed by atoms with Gasteiger partial charge in [-0.2, -0.15) is 17.0 Å². The van der Waals surface area contributed by atoms with Gasteiger partial charge in [0.05, 0.1) is 11.6 Å². The van der Waals surface area contributed by atoms with Crippen LogP contribution in [0.5, 0.6) is 0 Å². The van der Waals surface area contributed by atoms with Gasteiger partial charge in [0.2, 0.25) is 5.91 Å². The van der Waals surface area contributed by atoms with E-state index in [4.69, 9.17) is 5.26 Å². The second-order valence-electron chi connectivity index (χ2n) is 10.0. The van der Waals surface area contributed by atoms with Crippen molar-refractivity contribution in [3.63, 3.8) is 0 Å². The Kier molecular flexibility index (Phi) is 9.36. The SMILES string of the molecule is CSCCC(NC(=O)c1ccc(C(C)(C)C)cc1)C(=O)N1CCN(Cc2ccc(C#N)cc2)CC1. The van der Waals surface area contributed by atoms with E-state index in [0.717, 1.165) is 31.0 Å². The molecule has 1 atom stereocenters. The molecule has 3 rings (SSSR count). The number of hydrogen-bond donors (Lipinski definition) is 1. The molecule has 0 aliphatic carbocycles. The summed E-state index contributed by atoms with van der Waals surface area (Å²) < 4.78 is 0. The Hall–Kier alpha value is -2.82. The Bertz CT molecular complexity index is 1030. The van der Waals surface area contributed by atoms with Gasteiger partial charge >= 0.3 is 0 Å². The van der Waals surface area contributed by atoms with E-state index in [1.165, 1.54) is 5.56 Å². The molecule has 186 valence electrons. The first-order valence-electron chi connectivity index (χ1n) is 12.1. The van der Waals surface area contributed by atoms with Crippen molar-refractivity contribution < 1.29 is 9.59 Å². The van der Waals surface area contributed by atoms with Gasteiger partial charge < -0.3 is 10.2 Å². The van der Waals surface area contributed by atoms with Crippen molar-refractivity contribution in [3.05, 3.63) is 70.8 Å². The number of rotatable bonds is 8. The van der Waals surface area contributed by atoms with Gasteiger partial charge in [-0.05, 0) is 59.2 Å². The van der Waals surface area contributed by atoms with Gasteiger partial charge in [0, 0.05) is 38.3 Å². The predicted molar refractivity (Wildman–Crippen MR) is 142 cm³/mol. The molecule has 7 heteroatoms. The average Bonchev–Trinajstić information content (AvgIpc) is 2.86. The third-order valence-corrected chi connectivity index (χ3v) is 7.04. The summed E-state index contributed by atoms with van der Waals surface area (Å²) in [4.78, 5) is 30.5. The van der Waals surface area contributed by atoms with E-state index < -0.39 is 6.04 Å². The highest BCUT2D eigenvalue weighted by atomic mass is 32.2. The van der Waals surface area contributed by atoms with E-state index in [1.807, 2.05) is 59.7 Å². The Morgan fingerprint density at radius 1 is 1.03 bits per heavy atom. The monoisotopic (exact) mass is 492 g/mol. The highest BCUT2D eigenvalue weighted by Crippen LogP contribution is 2.22. The fraction of sp³-hybridized carbons (Fsp3) is 0.464. The molecular formula is C28H36N4O2S. The molecule has 1 aliphatic rings. The molecule has 1 heterocycles. The second-order valence-corrected chi connectivity index (χ2v) is 11.0. The molecule has 0 radical (unpaired) electrons. The van der Waals surface area contributed by atoms with Gasteiger partial charge in [0.25, 0.3) is 5.91 Å². The number of thioether (sulfide) groups is 1. The van der Waals surface area contributed by atoms with Gasteiger partial charge in [-0.25, -0.2) is 0 Å². The third kappa shape index (κ3) is 7.58. The maximum Gasteiger partial charge on any atom is 0.251 e. The summed E-state index contributed by atoms with van der Waals surface area (Å²) in [6.07, 6.45) is 2.62. The van der Waals surface area contributed by atoms with Gasteiger partial charge in [0.15, 0.2) is 0 Å². The number of carbonyl (C=O) groups excluding carboxylic acids is 2. The minimum Gasteiger partial charge on any atom is -0.340 e. The summed E-state index contributed by atoms with van der Waals surface area (Å²) in [5.74, 6) is 0.597. The molecule has 0 aromatic heterocycles. The molecule has 2 aromatic carbocycles. The molecule has 1 N–H and O–H groups in total. The van der Waals surface area contributed by atoms with Crippen LogP contribution in [0.25, 0.3) is 0 Å². The van der Waals surface area contributed by atoms with E-state index in [0.29, 0.717) is 30.6 Å². The lowest BCUT2D eigenvalue weighted by molar-refractivity contribution is -0.135. The summed E-state index contributed by atoms with van der Waals surface area (Å²) >= 11 is 1.68. The van der Waals surface area contributed by atoms with Gasteiger partial charge in [-0.3, -0.25) is 14.5 Å². The largest absolute Gasteiger partial charge is 0.340 e. The molecule has 1 fully saturated rings. The van der Waals surface area contributed by atoms with E-state index >= 15 is 0 Å². The van der Waals surface area contributed by atoms with Crippen LogP contribution in [0, 0.1) is 11.3 Å². The molecule has 1 saturated heterocycles. The molecule has 0 bridgehead atoms. The van der Waals surface area contributed by atoms with E-state index in [9.17, 15) is 9.59 Å². The number of amides is 2. The van der Waals surface area contributed by atoms with Gasteiger partial charge in [0.1, 0.15) is 6.04 Å². The Morgan fingerprint density at radius 2 is 1.66 bits per heavy atom. The van der Waals surface area contributed by atoms with Crippen LogP contribution in [0.2, 0.25) is 0 Å². The topological polar surface area (TPSA) is 76.4 Å². The zero-order valence-electron chi connectivity index (χ0n) is 21.2. The lowest BCUT2D eigenvalue weighted by Gasteiger charge is -2.36. The third-order valence-electron chi connectivity index (χ3n) is 6.40. The maximum atomic E-state index is 13.3. The van der Waals surface area contributed by atoms with E-state index in [1.54, 1.807) is 11.8 Å². The number of nitrogens with one attached hydrogen (secondary N) is 1. The first-order valence-corrected chi connectivity index (χ1v) is 13.5. The van der Waals surface area contributed by atoms with Crippen LogP contribution in [0.4, 0.5) is 0 Å². The van der Waals surface area contributed by atoms with Crippen LogP contribution in [0.15, 0.2) is 48.5 Å². The lowest BCUT2D eigenvalue weighted by Crippen LogP contribution is -2.54. The number of hydrogen-bond acceptors (Lipinski definition) is 5. The molecule has 35 heavy (non-hydrogen) atoms. The normalized spacial score (nSPS) is 15.3. The summed E-state index contributed by atoms with van der Waals surface area (Å²) in [7, 11) is 0. The smallest absolute Gasteiger partial charge is 0.251 e. The minimum atomic E-state index is -0.526. The van der Waals surface area contributed by atoms with Crippen LogP contribution >= 0.6 is 11.8 Å². The first-order chi connectivity index (χ1) is 16.7. The Balaban J connectivity index is 1.58. The van der Waals surface area contributed by atoms with Gasteiger partial charge in [-0.1, -0.05) is 45.0 Å². The molecule has 0 spiro atoms. The summed E-state index contributed by atoms with van der Waals surface area (Å²) in [6, 6.07) is 16.9. The van der Waals surface area contributed by atoms with Crippen LogP contribution in [-0.4, -0.2) is 65.8 Å². The van der Waals surface area contributed by atoms with Crippen molar-refractivity contribution in [2.75, 3.05) is 38.2 Å². The van der Waals surface area contributed by atoms with E-state index in [2.05, 4.69) is 37.1 Å². The second kappa shape index (κ2) is 12.2. The minimum absolute atomic E-state index is 0.00302. The molecule has 1 aliphatic heterocycles.